The number of carboxylic acids is 1. The second-order valence-corrected chi connectivity index (χ2v) is 9.44. The first-order valence-electron chi connectivity index (χ1n) is 11.6. The molecule has 4 N–H and O–H groups in total. The molecule has 0 aliphatic heterocycles. The van der Waals surface area contributed by atoms with E-state index in [0.717, 1.165) is 5.56 Å². The number of esters is 1. The molecule has 186 valence electrons. The summed E-state index contributed by atoms with van der Waals surface area (Å²) >= 11 is 0. The van der Waals surface area contributed by atoms with E-state index in [9.17, 15) is 19.5 Å². The van der Waals surface area contributed by atoms with Crippen molar-refractivity contribution in [1.82, 2.24) is 14.7 Å². The Morgan fingerprint density at radius 3 is 2.66 bits per heavy atom. The van der Waals surface area contributed by atoms with Crippen LogP contribution in [0.25, 0.3) is 16.9 Å². The van der Waals surface area contributed by atoms with E-state index in [4.69, 9.17) is 10.5 Å². The van der Waals surface area contributed by atoms with E-state index in [1.165, 1.54) is 6.07 Å². The number of unbranched alkanes of at least 4 members (excludes halogenated alkanes) is 1. The maximum absolute atomic E-state index is 12.3. The number of nitrogens with one attached hydrogen (secondary N) is 1. The molecular weight excluding hydrogens is 448 g/mol. The minimum Gasteiger partial charge on any atom is -0.478 e. The van der Waals surface area contributed by atoms with Gasteiger partial charge in [-0.3, -0.25) is 9.59 Å². The van der Waals surface area contributed by atoms with Crippen molar-refractivity contribution in [3.63, 3.8) is 0 Å². The fourth-order valence-corrected chi connectivity index (χ4v) is 3.59. The van der Waals surface area contributed by atoms with E-state index in [2.05, 4.69) is 10.3 Å². The van der Waals surface area contributed by atoms with Gasteiger partial charge in [0.1, 0.15) is 17.3 Å². The van der Waals surface area contributed by atoms with E-state index in [1.54, 1.807) is 32.9 Å². The summed E-state index contributed by atoms with van der Waals surface area (Å²) in [6.07, 6.45) is 5.72. The molecular formula is C26H32N4O5. The Balaban J connectivity index is 1.53. The third-order valence-corrected chi connectivity index (χ3v) is 5.32. The quantitative estimate of drug-likeness (QED) is 0.298. The van der Waals surface area contributed by atoms with Crippen molar-refractivity contribution in [2.45, 2.75) is 64.6 Å². The van der Waals surface area contributed by atoms with Crippen molar-refractivity contribution in [3.8, 4) is 11.3 Å². The summed E-state index contributed by atoms with van der Waals surface area (Å²) in [5, 5.41) is 12.2. The van der Waals surface area contributed by atoms with Crippen LogP contribution in [0.2, 0.25) is 0 Å². The van der Waals surface area contributed by atoms with Gasteiger partial charge in [-0.2, -0.15) is 0 Å². The zero-order valence-electron chi connectivity index (χ0n) is 20.3. The van der Waals surface area contributed by atoms with Gasteiger partial charge in [-0.05, 0) is 51.8 Å². The largest absolute Gasteiger partial charge is 0.478 e. The summed E-state index contributed by atoms with van der Waals surface area (Å²) < 4.78 is 7.12. The zero-order valence-corrected chi connectivity index (χ0v) is 20.3. The minimum atomic E-state index is -0.995. The Labute approximate surface area is 204 Å². The van der Waals surface area contributed by atoms with Crippen molar-refractivity contribution >= 4 is 23.5 Å². The van der Waals surface area contributed by atoms with Crippen LogP contribution in [0.3, 0.4) is 0 Å². The lowest BCUT2D eigenvalue weighted by Gasteiger charge is -2.22. The van der Waals surface area contributed by atoms with Crippen molar-refractivity contribution < 1.29 is 24.2 Å². The van der Waals surface area contributed by atoms with Crippen LogP contribution >= 0.6 is 0 Å². The number of amides is 1. The van der Waals surface area contributed by atoms with E-state index >= 15 is 0 Å². The third kappa shape index (κ3) is 7.38. The highest BCUT2D eigenvalue weighted by atomic mass is 16.6. The van der Waals surface area contributed by atoms with Crippen LogP contribution in [0.4, 0.5) is 0 Å². The van der Waals surface area contributed by atoms with Gasteiger partial charge in [0.15, 0.2) is 0 Å². The number of carboxylic acid groups (broad SMARTS) is 1. The van der Waals surface area contributed by atoms with Gasteiger partial charge in [0.2, 0.25) is 5.91 Å². The number of aromatic carboxylic acids is 1. The number of carbonyl (C=O) groups excluding carboxylic acids is 2. The fraction of sp³-hybridized carbons (Fsp3) is 0.385. The van der Waals surface area contributed by atoms with Gasteiger partial charge in [0.25, 0.3) is 0 Å². The van der Waals surface area contributed by atoms with Gasteiger partial charge in [0.05, 0.1) is 11.3 Å². The second kappa shape index (κ2) is 11.1. The Kier molecular flexibility index (Phi) is 8.24. The first kappa shape index (κ1) is 25.9. The standard InChI is InChI=1S/C26H32N4O5/c1-26(2,3)35-25(34)20(27)11-4-5-12-22(31)28-15-19-10-7-13-30-16-21(29-23(19)30)17-8-6-9-18(14-17)24(32)33/h6-10,13-14,16,20H,4-5,11-12,15,27H2,1-3H3,(H,28,31)(H,32,33). The zero-order chi connectivity index (χ0) is 25.6. The lowest BCUT2D eigenvalue weighted by molar-refractivity contribution is -0.156. The molecule has 1 aromatic carbocycles. The van der Waals surface area contributed by atoms with Crippen LogP contribution in [0, 0.1) is 0 Å². The first-order valence-corrected chi connectivity index (χ1v) is 11.6. The number of imidazole rings is 1. The Morgan fingerprint density at radius 1 is 1.17 bits per heavy atom. The number of ether oxygens (including phenoxy) is 1. The number of carbonyl (C=O) groups is 3. The number of rotatable bonds is 10. The number of fused-ring (bicyclic) bond motifs is 1. The van der Waals surface area contributed by atoms with Gasteiger partial charge >= 0.3 is 11.9 Å². The highest BCUT2D eigenvalue weighted by Crippen LogP contribution is 2.22. The number of hydrogen-bond acceptors (Lipinski definition) is 6. The van der Waals surface area contributed by atoms with Crippen molar-refractivity contribution in [2.24, 2.45) is 5.73 Å². The van der Waals surface area contributed by atoms with E-state index in [0.29, 0.717) is 49.1 Å². The summed E-state index contributed by atoms with van der Waals surface area (Å²) in [6, 6.07) is 9.68. The minimum absolute atomic E-state index is 0.0984. The molecule has 0 saturated heterocycles. The van der Waals surface area contributed by atoms with E-state index < -0.39 is 23.6 Å². The molecule has 0 bridgehead atoms. The molecule has 0 spiro atoms. The Hall–Kier alpha value is -3.72. The summed E-state index contributed by atoms with van der Waals surface area (Å²) in [4.78, 5) is 40.2. The second-order valence-electron chi connectivity index (χ2n) is 9.44. The predicted molar refractivity (Wildman–Crippen MR) is 132 cm³/mol. The highest BCUT2D eigenvalue weighted by Gasteiger charge is 2.21. The molecule has 2 aromatic heterocycles. The van der Waals surface area contributed by atoms with Crippen molar-refractivity contribution in [1.29, 1.82) is 0 Å². The van der Waals surface area contributed by atoms with Crippen LogP contribution in [0.15, 0.2) is 48.8 Å². The van der Waals surface area contributed by atoms with E-state index in [1.807, 2.05) is 35.0 Å². The molecule has 0 saturated carbocycles. The number of nitrogens with zero attached hydrogens (tertiary/aromatic N) is 2. The fourth-order valence-electron chi connectivity index (χ4n) is 3.59. The molecule has 0 aliphatic rings. The SMILES string of the molecule is CC(C)(C)OC(=O)C(N)CCCCC(=O)NCc1cccn2cc(-c3cccc(C(=O)O)c3)nc12. The molecule has 3 rings (SSSR count). The lowest BCUT2D eigenvalue weighted by atomic mass is 10.1. The number of nitrogens with two attached hydrogens (primary N) is 1. The van der Waals surface area contributed by atoms with Crippen LogP contribution < -0.4 is 11.1 Å². The molecule has 0 radical (unpaired) electrons. The molecule has 0 aliphatic carbocycles. The molecule has 1 amide bonds. The molecule has 1 atom stereocenters. The van der Waals surface area contributed by atoms with Crippen LogP contribution in [0.1, 0.15) is 62.4 Å². The van der Waals surface area contributed by atoms with Gasteiger partial charge in [-0.15, -0.1) is 0 Å². The number of hydrogen-bond donors (Lipinski definition) is 3. The molecule has 3 aromatic rings. The normalized spacial score (nSPS) is 12.3. The third-order valence-electron chi connectivity index (χ3n) is 5.32. The van der Waals surface area contributed by atoms with Gasteiger partial charge < -0.3 is 25.3 Å². The average Bonchev–Trinajstić information content (AvgIpc) is 3.24. The van der Waals surface area contributed by atoms with Gasteiger partial charge in [-0.25, -0.2) is 9.78 Å². The summed E-state index contributed by atoms with van der Waals surface area (Å²) in [5.74, 6) is -1.52. The molecule has 2 heterocycles. The van der Waals surface area contributed by atoms with Crippen LogP contribution in [-0.4, -0.2) is 44.0 Å². The maximum Gasteiger partial charge on any atom is 0.335 e. The highest BCUT2D eigenvalue weighted by molar-refractivity contribution is 5.89. The van der Waals surface area contributed by atoms with Crippen molar-refractivity contribution in [2.75, 3.05) is 0 Å². The molecule has 9 nitrogen and oxygen atoms in total. The topological polar surface area (TPSA) is 136 Å². The first-order chi connectivity index (χ1) is 16.5. The van der Waals surface area contributed by atoms with Crippen molar-refractivity contribution in [3.05, 3.63) is 59.9 Å². The van der Waals surface area contributed by atoms with E-state index in [-0.39, 0.29) is 11.5 Å². The van der Waals surface area contributed by atoms with Gasteiger partial charge in [-0.1, -0.05) is 24.6 Å². The average molecular weight is 481 g/mol. The molecule has 9 heteroatoms. The summed E-state index contributed by atoms with van der Waals surface area (Å²) in [6.45, 7) is 5.70. The summed E-state index contributed by atoms with van der Waals surface area (Å²) in [7, 11) is 0. The molecule has 0 fully saturated rings. The predicted octanol–water partition coefficient (Wildman–Crippen LogP) is 3.55. The monoisotopic (exact) mass is 480 g/mol. The lowest BCUT2D eigenvalue weighted by Crippen LogP contribution is -2.37. The number of benzene rings is 1. The summed E-state index contributed by atoms with van der Waals surface area (Å²) in [5.41, 5.74) is 8.38. The van der Waals surface area contributed by atoms with Gasteiger partial charge in [0, 0.05) is 36.5 Å². The number of aromatic nitrogens is 2. The molecule has 35 heavy (non-hydrogen) atoms. The Morgan fingerprint density at radius 2 is 1.94 bits per heavy atom. The smallest absolute Gasteiger partial charge is 0.335 e. The van der Waals surface area contributed by atoms with Crippen LogP contribution in [-0.2, 0) is 20.9 Å². The number of pyridine rings is 1. The molecule has 1 unspecified atom stereocenters. The Bertz CT molecular complexity index is 1210. The van der Waals surface area contributed by atoms with Crippen LogP contribution in [0.5, 0.6) is 0 Å². The maximum atomic E-state index is 12.3.